The van der Waals surface area contributed by atoms with E-state index in [1.807, 2.05) is 24.3 Å². The molecule has 3 rings (SSSR count). The molecular formula is C49H75NO8S. The Balaban J connectivity index is 1.54. The van der Waals surface area contributed by atoms with Crippen molar-refractivity contribution in [1.82, 2.24) is 5.32 Å². The summed E-state index contributed by atoms with van der Waals surface area (Å²) in [6.45, 7) is 9.80. The predicted molar refractivity (Wildman–Crippen MR) is 240 cm³/mol. The van der Waals surface area contributed by atoms with Crippen molar-refractivity contribution in [2.24, 2.45) is 0 Å². The Kier molecular flexibility index (Phi) is 24.4. The van der Waals surface area contributed by atoms with Crippen molar-refractivity contribution in [2.75, 3.05) is 24.7 Å². The highest BCUT2D eigenvalue weighted by Crippen LogP contribution is 2.44. The molecule has 0 aromatic heterocycles. The summed E-state index contributed by atoms with van der Waals surface area (Å²) in [4.78, 5) is 52.3. The van der Waals surface area contributed by atoms with Crippen molar-refractivity contribution in [1.29, 1.82) is 0 Å². The maximum atomic E-state index is 13.4. The van der Waals surface area contributed by atoms with Gasteiger partial charge in [-0.3, -0.25) is 9.59 Å². The van der Waals surface area contributed by atoms with Gasteiger partial charge in [0.1, 0.15) is 31.0 Å². The molecule has 0 saturated heterocycles. The van der Waals surface area contributed by atoms with Gasteiger partial charge in [-0.05, 0) is 55.9 Å². The Morgan fingerprint density at radius 3 is 1.61 bits per heavy atom. The highest BCUT2D eigenvalue weighted by molar-refractivity contribution is 7.99. The molecule has 0 radical (unpaired) electrons. The van der Waals surface area contributed by atoms with Gasteiger partial charge in [0.25, 0.3) is 0 Å². The quantitative estimate of drug-likeness (QED) is 0.0450. The summed E-state index contributed by atoms with van der Waals surface area (Å²) in [5.41, 5.74) is 3.65. The number of hydrogen-bond donors (Lipinski definition) is 1. The first-order valence-corrected chi connectivity index (χ1v) is 23.9. The lowest BCUT2D eigenvalue weighted by atomic mass is 9.98. The number of rotatable bonds is 31. The number of amides is 1. The van der Waals surface area contributed by atoms with Crippen LogP contribution in [0.15, 0.2) is 48.5 Å². The van der Waals surface area contributed by atoms with Gasteiger partial charge in [0.2, 0.25) is 0 Å². The highest BCUT2D eigenvalue weighted by Gasteiger charge is 2.31. The zero-order chi connectivity index (χ0) is 42.7. The van der Waals surface area contributed by atoms with Crippen LogP contribution >= 0.6 is 11.8 Å². The minimum Gasteiger partial charge on any atom is -0.462 e. The standard InChI is InChI=1S/C49H75NO8S/c1-6-8-10-12-14-16-18-20-22-32-45(51)55-34-38(57-46(52)33-23-21-19-17-15-13-11-9-7-2)36-59-37-44(47(53)58-49(3,4)5)50-48(54)56-35-43-41-30-26-24-28-39(41)40-29-25-27-31-42(40)43/h24-31,38,43-44H,6-23,32-37H2,1-5H3,(H,50,54)/t38-,44+/m1/s1. The molecule has 59 heavy (non-hydrogen) atoms. The van der Waals surface area contributed by atoms with Crippen LogP contribution in [0.4, 0.5) is 4.79 Å². The lowest BCUT2D eigenvalue weighted by Crippen LogP contribution is -2.46. The van der Waals surface area contributed by atoms with Crippen LogP contribution in [-0.4, -0.2) is 66.5 Å². The van der Waals surface area contributed by atoms with Gasteiger partial charge < -0.3 is 24.3 Å². The molecule has 0 bridgehead atoms. The molecule has 2 aromatic rings. The van der Waals surface area contributed by atoms with Crippen LogP contribution in [0, 0.1) is 0 Å². The first kappa shape index (κ1) is 49.8. The van der Waals surface area contributed by atoms with Gasteiger partial charge in [-0.15, -0.1) is 0 Å². The molecule has 0 spiro atoms. The Morgan fingerprint density at radius 1 is 0.627 bits per heavy atom. The maximum absolute atomic E-state index is 13.4. The van der Waals surface area contributed by atoms with E-state index in [-0.39, 0.29) is 42.6 Å². The number of carbonyl (C=O) groups is 4. The summed E-state index contributed by atoms with van der Waals surface area (Å²) in [6.07, 6.45) is 19.9. The molecule has 10 heteroatoms. The number of esters is 3. The van der Waals surface area contributed by atoms with Gasteiger partial charge in [0.05, 0.1) is 0 Å². The van der Waals surface area contributed by atoms with Crippen LogP contribution in [0.25, 0.3) is 11.1 Å². The number of carbonyl (C=O) groups excluding carboxylic acids is 4. The molecule has 2 atom stereocenters. The molecule has 1 aliphatic carbocycles. The number of thioether (sulfide) groups is 1. The summed E-state index contributed by atoms with van der Waals surface area (Å²) >= 11 is 1.32. The van der Waals surface area contributed by atoms with Crippen molar-refractivity contribution in [3.05, 3.63) is 59.7 Å². The third-order valence-corrected chi connectivity index (χ3v) is 11.8. The van der Waals surface area contributed by atoms with Crippen molar-refractivity contribution >= 4 is 35.8 Å². The lowest BCUT2D eigenvalue weighted by Gasteiger charge is -2.25. The monoisotopic (exact) mass is 838 g/mol. The van der Waals surface area contributed by atoms with Gasteiger partial charge in [-0.25, -0.2) is 9.59 Å². The fraction of sp³-hybridized carbons (Fsp3) is 0.673. The van der Waals surface area contributed by atoms with Gasteiger partial charge in [-0.1, -0.05) is 165 Å². The van der Waals surface area contributed by atoms with E-state index in [9.17, 15) is 19.2 Å². The fourth-order valence-corrected chi connectivity index (χ4v) is 8.44. The average molecular weight is 838 g/mol. The van der Waals surface area contributed by atoms with Gasteiger partial charge in [0, 0.05) is 30.3 Å². The molecule has 1 amide bonds. The van der Waals surface area contributed by atoms with Crippen LogP contribution in [0.2, 0.25) is 0 Å². The van der Waals surface area contributed by atoms with Gasteiger partial charge in [0.15, 0.2) is 0 Å². The molecule has 2 aromatic carbocycles. The molecule has 330 valence electrons. The van der Waals surface area contributed by atoms with Gasteiger partial charge in [-0.2, -0.15) is 11.8 Å². The Labute approximate surface area is 360 Å². The minimum absolute atomic E-state index is 0.0658. The topological polar surface area (TPSA) is 117 Å². The third-order valence-electron chi connectivity index (χ3n) is 10.6. The maximum Gasteiger partial charge on any atom is 0.407 e. The summed E-state index contributed by atoms with van der Waals surface area (Å²) in [5, 5.41) is 2.74. The third kappa shape index (κ3) is 20.5. The number of nitrogens with one attached hydrogen (secondary N) is 1. The molecule has 0 aliphatic heterocycles. The van der Waals surface area contributed by atoms with E-state index >= 15 is 0 Å². The van der Waals surface area contributed by atoms with Crippen LogP contribution < -0.4 is 5.32 Å². The van der Waals surface area contributed by atoms with Crippen LogP contribution in [0.1, 0.15) is 180 Å². The number of unbranched alkanes of at least 4 members (excludes halogenated alkanes) is 16. The second kappa shape index (κ2) is 28.9. The number of benzene rings is 2. The molecule has 1 N–H and O–H groups in total. The largest absolute Gasteiger partial charge is 0.462 e. The van der Waals surface area contributed by atoms with Crippen molar-refractivity contribution in [3.8, 4) is 11.1 Å². The zero-order valence-electron chi connectivity index (χ0n) is 37.0. The number of fused-ring (bicyclic) bond motifs is 3. The van der Waals surface area contributed by atoms with Crippen molar-refractivity contribution < 1.29 is 38.1 Å². The first-order chi connectivity index (χ1) is 28.5. The molecule has 1 aliphatic rings. The fourth-order valence-electron chi connectivity index (χ4n) is 7.42. The summed E-state index contributed by atoms with van der Waals surface area (Å²) in [6, 6.07) is 15.2. The summed E-state index contributed by atoms with van der Waals surface area (Å²) in [5.74, 6) is -0.949. The van der Waals surface area contributed by atoms with Crippen LogP contribution in [0.5, 0.6) is 0 Å². The highest BCUT2D eigenvalue weighted by atomic mass is 32.2. The predicted octanol–water partition coefficient (Wildman–Crippen LogP) is 12.3. The molecule has 0 fully saturated rings. The molecule has 0 heterocycles. The number of alkyl carbamates (subject to hydrolysis) is 1. The van der Waals surface area contributed by atoms with Crippen LogP contribution in [0.3, 0.4) is 0 Å². The van der Waals surface area contributed by atoms with E-state index in [2.05, 4.69) is 43.4 Å². The minimum atomic E-state index is -1.03. The SMILES string of the molecule is CCCCCCCCCCCC(=O)OC[C@H](CSC[C@H](NC(=O)OCC1c2ccccc2-c2ccccc21)C(=O)OC(C)(C)C)OC(=O)CCCCCCCCCCC. The number of ether oxygens (including phenoxy) is 4. The van der Waals surface area contributed by atoms with E-state index < -0.39 is 29.8 Å². The van der Waals surface area contributed by atoms with E-state index in [1.54, 1.807) is 20.8 Å². The second-order valence-corrected chi connectivity index (χ2v) is 18.1. The lowest BCUT2D eigenvalue weighted by molar-refractivity contribution is -0.158. The normalized spacial score (nSPS) is 13.2. The molecular weight excluding hydrogens is 763 g/mol. The van der Waals surface area contributed by atoms with Crippen molar-refractivity contribution in [2.45, 2.75) is 187 Å². The molecule has 9 nitrogen and oxygen atoms in total. The van der Waals surface area contributed by atoms with Crippen molar-refractivity contribution in [3.63, 3.8) is 0 Å². The van der Waals surface area contributed by atoms with E-state index in [0.717, 1.165) is 60.8 Å². The summed E-state index contributed by atoms with van der Waals surface area (Å²) in [7, 11) is 0. The number of hydrogen-bond acceptors (Lipinski definition) is 9. The van der Waals surface area contributed by atoms with E-state index in [0.29, 0.717) is 12.8 Å². The van der Waals surface area contributed by atoms with E-state index in [1.165, 1.54) is 88.8 Å². The van der Waals surface area contributed by atoms with Gasteiger partial charge >= 0.3 is 24.0 Å². The molecule has 0 saturated carbocycles. The Morgan fingerprint density at radius 2 is 1.10 bits per heavy atom. The van der Waals surface area contributed by atoms with E-state index in [4.69, 9.17) is 18.9 Å². The zero-order valence-corrected chi connectivity index (χ0v) is 37.8. The Hall–Kier alpha value is -3.53. The second-order valence-electron chi connectivity index (χ2n) is 17.0. The smallest absolute Gasteiger partial charge is 0.407 e. The summed E-state index contributed by atoms with van der Waals surface area (Å²) < 4.78 is 22.9. The van der Waals surface area contributed by atoms with Crippen LogP contribution in [-0.2, 0) is 33.3 Å². The average Bonchev–Trinajstić information content (AvgIpc) is 3.53. The Bertz CT molecular complexity index is 1480. The molecule has 0 unspecified atom stereocenters. The first-order valence-electron chi connectivity index (χ1n) is 22.8.